The average molecular weight is 691 g/mol. The molecule has 0 N–H and O–H groups in total. The molecule has 0 radical (unpaired) electrons. The van der Waals surface area contributed by atoms with E-state index in [2.05, 4.69) is 81.6 Å². The Morgan fingerprint density at radius 2 is 1.31 bits per heavy atom. The zero-order valence-corrected chi connectivity index (χ0v) is 30.5. The summed E-state index contributed by atoms with van der Waals surface area (Å²) in [7, 11) is -2.80. The van der Waals surface area contributed by atoms with E-state index in [0.717, 1.165) is 0 Å². The van der Waals surface area contributed by atoms with Crippen molar-refractivity contribution >= 4 is 8.56 Å². The lowest BCUT2D eigenvalue weighted by Crippen LogP contribution is -2.64. The van der Waals surface area contributed by atoms with Gasteiger partial charge in [0.2, 0.25) is 0 Å². The minimum Gasteiger partial charge on any atom is -0.391 e. The van der Waals surface area contributed by atoms with Crippen LogP contribution in [0.3, 0.4) is 0 Å². The Kier molecular flexibility index (Phi) is 11.9. The van der Waals surface area contributed by atoms with Crippen molar-refractivity contribution in [3.05, 3.63) is 41.8 Å². The van der Waals surface area contributed by atoms with Gasteiger partial charge in [-0.1, -0.05) is 89.7 Å². The quantitative estimate of drug-likeness (QED) is 0.100. The molecular formula is C29H50N12O6Si. The van der Waals surface area contributed by atoms with Crippen LogP contribution in [0, 0.1) is 23.7 Å². The molecule has 4 fully saturated rings. The molecular weight excluding hydrogens is 640 g/mol. The molecule has 5 unspecified atom stereocenters. The van der Waals surface area contributed by atoms with Crippen molar-refractivity contribution in [1.29, 1.82) is 0 Å². The highest BCUT2D eigenvalue weighted by Gasteiger charge is 2.65. The molecule has 4 aliphatic rings. The molecule has 266 valence electrons. The van der Waals surface area contributed by atoms with E-state index in [0.29, 0.717) is 6.61 Å². The highest BCUT2D eigenvalue weighted by atomic mass is 28.4. The third-order valence-electron chi connectivity index (χ3n) is 10.7. The summed E-state index contributed by atoms with van der Waals surface area (Å²) in [6.45, 7) is 21.1. The van der Waals surface area contributed by atoms with Crippen LogP contribution < -0.4 is 0 Å². The second-order valence-electron chi connectivity index (χ2n) is 15.6. The maximum Gasteiger partial charge on any atom is 0.349 e. The normalized spacial score (nSPS) is 41.0. The Bertz CT molecular complexity index is 1340. The fraction of sp³-hybridized carbons (Fsp3) is 1.00. The zero-order chi connectivity index (χ0) is 35.6. The maximum atomic E-state index is 9.57. The molecule has 14 atom stereocenters. The molecule has 0 spiro atoms. The van der Waals surface area contributed by atoms with Crippen LogP contribution in [0.25, 0.3) is 41.8 Å². The number of nitrogens with zero attached hydrogens (tertiary/aromatic N) is 12. The topological polar surface area (TPSA) is 250 Å². The Morgan fingerprint density at radius 1 is 0.708 bits per heavy atom. The van der Waals surface area contributed by atoms with E-state index in [1.54, 1.807) is 0 Å². The van der Waals surface area contributed by atoms with Crippen molar-refractivity contribution in [2.24, 2.45) is 44.1 Å². The molecule has 48 heavy (non-hydrogen) atoms. The second-order valence-corrected chi connectivity index (χ2v) is 20.4. The predicted molar refractivity (Wildman–Crippen MR) is 177 cm³/mol. The molecule has 18 nitrogen and oxygen atoms in total. The minimum absolute atomic E-state index is 0.0524. The molecule has 3 heterocycles. The summed E-state index contributed by atoms with van der Waals surface area (Å²) in [4.78, 5) is 12.1. The van der Waals surface area contributed by atoms with Crippen LogP contribution in [0.1, 0.15) is 75.7 Å². The number of ether oxygens (including phenoxy) is 4. The first kappa shape index (κ1) is 38.0. The maximum absolute atomic E-state index is 9.57. The Balaban J connectivity index is 1.68. The number of hydrogen-bond donors (Lipinski definition) is 0. The largest absolute Gasteiger partial charge is 0.391 e. The van der Waals surface area contributed by atoms with Gasteiger partial charge < -0.3 is 27.8 Å². The second kappa shape index (κ2) is 15.0. The lowest BCUT2D eigenvalue weighted by atomic mass is 9.78. The predicted octanol–water partition coefficient (Wildman–Crippen LogP) is 7.96. The Morgan fingerprint density at radius 3 is 1.90 bits per heavy atom. The molecule has 0 bridgehead atoms. The van der Waals surface area contributed by atoms with Gasteiger partial charge in [0.05, 0.1) is 49.7 Å². The summed E-state index contributed by atoms with van der Waals surface area (Å²) >= 11 is 0. The van der Waals surface area contributed by atoms with Crippen molar-refractivity contribution < 1.29 is 27.8 Å². The summed E-state index contributed by atoms with van der Waals surface area (Å²) in [5.41, 5.74) is 37.4. The van der Waals surface area contributed by atoms with Crippen LogP contribution in [0.4, 0.5) is 0 Å². The van der Waals surface area contributed by atoms with Gasteiger partial charge in [0, 0.05) is 41.7 Å². The van der Waals surface area contributed by atoms with Gasteiger partial charge in [-0.15, -0.1) is 0 Å². The van der Waals surface area contributed by atoms with Crippen LogP contribution in [-0.2, 0) is 27.8 Å². The van der Waals surface area contributed by atoms with E-state index in [1.807, 2.05) is 27.7 Å². The van der Waals surface area contributed by atoms with Crippen molar-refractivity contribution in [2.75, 3.05) is 13.2 Å². The van der Waals surface area contributed by atoms with Gasteiger partial charge in [-0.3, -0.25) is 0 Å². The van der Waals surface area contributed by atoms with E-state index < -0.39 is 63.5 Å². The summed E-state index contributed by atoms with van der Waals surface area (Å²) in [6, 6.07) is -2.15. The molecule has 4 rings (SSSR count). The number of rotatable bonds is 9. The van der Waals surface area contributed by atoms with Gasteiger partial charge in [0.15, 0.2) is 12.6 Å². The van der Waals surface area contributed by atoms with Gasteiger partial charge in [-0.05, 0) is 46.3 Å². The lowest BCUT2D eigenvalue weighted by Gasteiger charge is -2.53. The average Bonchev–Trinajstić information content (AvgIpc) is 3.32. The molecule has 0 aromatic rings. The molecule has 3 saturated heterocycles. The SMILES string of the molecule is CC1[C@H](O[C@@H]2C(C)[C@H](N=[N+]=[N-])CC(N=[N+]=[N-])[C@H]2O[C@H]2OC(CN=[N+]=[N-])[C@@H](C)[C@H](C)C2N=[N+]=[N-])O[C@@H]2CO[Si](C(C)(C)C)(C(C)(C)C)O[C@H]12. The standard InChI is InChI=1S/C29H50N12O6Si/c1-14-15(2)22(37-41-33)27(43-20(14)12-34-38-30)46-25-19(36-40-32)11-18(35-39-31)16(3)24(25)45-26-17(4)23-21(44-26)13-42-48(47-23,28(5,6)7)29(8,9)10/h14-27H,11-13H2,1-10H3/t14-,15-,16?,17?,18+,19?,20?,21+,22?,23+,24+,25+,26-,27+/m0/s1. The third-order valence-corrected chi connectivity index (χ3v) is 15.8. The van der Waals surface area contributed by atoms with Crippen LogP contribution in [0.15, 0.2) is 20.5 Å². The minimum atomic E-state index is -2.80. The molecule has 1 saturated carbocycles. The molecule has 19 heteroatoms. The van der Waals surface area contributed by atoms with Gasteiger partial charge in [0.1, 0.15) is 6.10 Å². The Labute approximate surface area is 282 Å². The number of azide groups is 4. The van der Waals surface area contributed by atoms with Crippen LogP contribution >= 0.6 is 0 Å². The van der Waals surface area contributed by atoms with Crippen molar-refractivity contribution in [3.63, 3.8) is 0 Å². The number of fused-ring (bicyclic) bond motifs is 1. The molecule has 0 aromatic heterocycles. The van der Waals surface area contributed by atoms with E-state index in [-0.39, 0.29) is 53.0 Å². The van der Waals surface area contributed by atoms with Gasteiger partial charge in [0.25, 0.3) is 0 Å². The van der Waals surface area contributed by atoms with Gasteiger partial charge in [-0.2, -0.15) is 0 Å². The van der Waals surface area contributed by atoms with Gasteiger partial charge >= 0.3 is 8.56 Å². The van der Waals surface area contributed by atoms with Crippen molar-refractivity contribution in [2.45, 2.75) is 147 Å². The van der Waals surface area contributed by atoms with Crippen LogP contribution in [0.5, 0.6) is 0 Å². The van der Waals surface area contributed by atoms with E-state index in [1.165, 1.54) is 0 Å². The summed E-state index contributed by atoms with van der Waals surface area (Å²) in [5.74, 6) is -0.944. The van der Waals surface area contributed by atoms with Crippen LogP contribution in [0.2, 0.25) is 10.1 Å². The fourth-order valence-electron chi connectivity index (χ4n) is 8.02. The van der Waals surface area contributed by atoms with Gasteiger partial charge in [-0.25, -0.2) is 0 Å². The highest BCUT2D eigenvalue weighted by molar-refractivity contribution is 6.73. The fourth-order valence-corrected chi connectivity index (χ4v) is 13.1. The van der Waals surface area contributed by atoms with E-state index in [4.69, 9.17) is 33.3 Å². The summed E-state index contributed by atoms with van der Waals surface area (Å²) in [6.07, 6.45) is -4.51. The van der Waals surface area contributed by atoms with Crippen LogP contribution in [-0.4, -0.2) is 82.9 Å². The lowest BCUT2D eigenvalue weighted by molar-refractivity contribution is -0.287. The van der Waals surface area contributed by atoms with Crippen molar-refractivity contribution in [3.8, 4) is 0 Å². The van der Waals surface area contributed by atoms with E-state index in [9.17, 15) is 16.6 Å². The first-order valence-electron chi connectivity index (χ1n) is 16.6. The molecule has 0 amide bonds. The Hall–Kier alpha value is -2.78. The molecule has 0 aromatic carbocycles. The highest BCUT2D eigenvalue weighted by Crippen LogP contribution is 2.56. The third kappa shape index (κ3) is 7.23. The summed E-state index contributed by atoms with van der Waals surface area (Å²) < 4.78 is 39.8. The monoisotopic (exact) mass is 690 g/mol. The summed E-state index contributed by atoms with van der Waals surface area (Å²) in [5, 5.41) is 15.4. The molecule has 3 aliphatic heterocycles. The van der Waals surface area contributed by atoms with Crippen molar-refractivity contribution in [1.82, 2.24) is 0 Å². The smallest absolute Gasteiger partial charge is 0.349 e. The first-order chi connectivity index (χ1) is 22.5. The van der Waals surface area contributed by atoms with E-state index >= 15 is 0 Å². The number of hydrogen-bond acceptors (Lipinski definition) is 10. The first-order valence-corrected chi connectivity index (χ1v) is 18.4. The molecule has 1 aliphatic carbocycles. The zero-order valence-electron chi connectivity index (χ0n) is 29.5.